The summed E-state index contributed by atoms with van der Waals surface area (Å²) in [5.74, 6) is -0.708. The number of anilines is 1. The van der Waals surface area contributed by atoms with Gasteiger partial charge in [0.25, 0.3) is 5.69 Å². The average Bonchev–Trinajstić information content (AvgIpc) is 2.38. The molecule has 0 bridgehead atoms. The minimum absolute atomic E-state index is 0.0634. The Morgan fingerprint density at radius 2 is 2.21 bits per heavy atom. The van der Waals surface area contributed by atoms with Gasteiger partial charge in [0, 0.05) is 23.7 Å². The summed E-state index contributed by atoms with van der Waals surface area (Å²) < 4.78 is 0. The summed E-state index contributed by atoms with van der Waals surface area (Å²) >= 11 is 0. The minimum Gasteiger partial charge on any atom is -0.480 e. The van der Waals surface area contributed by atoms with Crippen molar-refractivity contribution in [2.45, 2.75) is 13.0 Å². The molecule has 2 N–H and O–H groups in total. The molecule has 0 aliphatic heterocycles. The summed E-state index contributed by atoms with van der Waals surface area (Å²) in [7, 11) is 0. The SMILES string of the molecule is CC(Nc1nccc2ccc([N+](=O)[O-])cc12)C(=O)O. The van der Waals surface area contributed by atoms with Crippen molar-refractivity contribution >= 4 is 28.2 Å². The smallest absolute Gasteiger partial charge is 0.325 e. The Bertz CT molecular complexity index is 656. The number of hydrogen-bond donors (Lipinski definition) is 2. The zero-order valence-electron chi connectivity index (χ0n) is 10.0. The molecular formula is C12H11N3O4. The van der Waals surface area contributed by atoms with E-state index < -0.39 is 16.9 Å². The van der Waals surface area contributed by atoms with E-state index in [1.807, 2.05) is 0 Å². The van der Waals surface area contributed by atoms with Crippen LogP contribution in [0.2, 0.25) is 0 Å². The standard InChI is InChI=1S/C12H11N3O4/c1-7(12(16)17)14-11-10-6-9(15(18)19)3-2-8(10)4-5-13-11/h2-7H,1H3,(H,13,14)(H,16,17). The lowest BCUT2D eigenvalue weighted by molar-refractivity contribution is -0.384. The molecule has 1 aromatic heterocycles. The summed E-state index contributed by atoms with van der Waals surface area (Å²) in [6.45, 7) is 1.47. The first-order valence-electron chi connectivity index (χ1n) is 5.51. The molecule has 1 heterocycles. The second-order valence-corrected chi connectivity index (χ2v) is 4.03. The van der Waals surface area contributed by atoms with Crippen LogP contribution in [0.25, 0.3) is 10.8 Å². The van der Waals surface area contributed by atoms with Gasteiger partial charge in [0.2, 0.25) is 0 Å². The van der Waals surface area contributed by atoms with Crippen LogP contribution >= 0.6 is 0 Å². The predicted octanol–water partition coefficient (Wildman–Crippen LogP) is 2.03. The molecule has 0 aliphatic carbocycles. The van der Waals surface area contributed by atoms with E-state index in [4.69, 9.17) is 5.11 Å². The van der Waals surface area contributed by atoms with Crippen LogP contribution in [0.15, 0.2) is 30.5 Å². The molecular weight excluding hydrogens is 250 g/mol. The molecule has 0 saturated carbocycles. The van der Waals surface area contributed by atoms with Crippen LogP contribution in [0.5, 0.6) is 0 Å². The van der Waals surface area contributed by atoms with Crippen LogP contribution < -0.4 is 5.32 Å². The largest absolute Gasteiger partial charge is 0.480 e. The quantitative estimate of drug-likeness (QED) is 0.644. The number of carboxylic acid groups (broad SMARTS) is 1. The number of nitro benzene ring substituents is 1. The number of benzene rings is 1. The first-order valence-corrected chi connectivity index (χ1v) is 5.51. The highest BCUT2D eigenvalue weighted by Crippen LogP contribution is 2.26. The summed E-state index contributed by atoms with van der Waals surface area (Å²) in [5, 5.41) is 23.6. The third kappa shape index (κ3) is 2.59. The van der Waals surface area contributed by atoms with Crippen molar-refractivity contribution in [3.63, 3.8) is 0 Å². The van der Waals surface area contributed by atoms with Gasteiger partial charge >= 0.3 is 5.97 Å². The Labute approximate surface area is 108 Å². The van der Waals surface area contributed by atoms with Crippen molar-refractivity contribution in [3.8, 4) is 0 Å². The summed E-state index contributed by atoms with van der Waals surface area (Å²) in [6, 6.07) is 5.24. The van der Waals surface area contributed by atoms with E-state index in [-0.39, 0.29) is 5.69 Å². The molecule has 1 unspecified atom stereocenters. The normalized spacial score (nSPS) is 12.1. The van der Waals surface area contributed by atoms with Gasteiger partial charge in [-0.2, -0.15) is 0 Å². The Kier molecular flexibility index (Phi) is 3.28. The van der Waals surface area contributed by atoms with Crippen LogP contribution in [0.4, 0.5) is 11.5 Å². The number of fused-ring (bicyclic) bond motifs is 1. The lowest BCUT2D eigenvalue weighted by Gasteiger charge is -2.11. The Morgan fingerprint density at radius 3 is 2.84 bits per heavy atom. The monoisotopic (exact) mass is 261 g/mol. The van der Waals surface area contributed by atoms with Crippen LogP contribution in [0.3, 0.4) is 0 Å². The first-order chi connectivity index (χ1) is 8.99. The van der Waals surface area contributed by atoms with Crippen molar-refractivity contribution in [2.75, 3.05) is 5.32 Å². The van der Waals surface area contributed by atoms with Gasteiger partial charge < -0.3 is 10.4 Å². The van der Waals surface area contributed by atoms with Gasteiger partial charge in [-0.3, -0.25) is 14.9 Å². The molecule has 7 nitrogen and oxygen atoms in total. The van der Waals surface area contributed by atoms with Gasteiger partial charge in [-0.05, 0) is 24.4 Å². The molecule has 98 valence electrons. The molecule has 0 amide bonds. The van der Waals surface area contributed by atoms with Gasteiger partial charge in [-0.25, -0.2) is 4.98 Å². The minimum atomic E-state index is -1.02. The van der Waals surface area contributed by atoms with Crippen LogP contribution in [0.1, 0.15) is 6.92 Å². The van der Waals surface area contributed by atoms with Crippen LogP contribution in [-0.2, 0) is 4.79 Å². The second kappa shape index (κ2) is 4.89. The number of aliphatic carboxylic acids is 1. The Balaban J connectivity index is 2.51. The van der Waals surface area contributed by atoms with Crippen molar-refractivity contribution in [3.05, 3.63) is 40.6 Å². The number of carbonyl (C=O) groups is 1. The number of carboxylic acids is 1. The van der Waals surface area contributed by atoms with Crippen LogP contribution in [-0.4, -0.2) is 27.0 Å². The lowest BCUT2D eigenvalue weighted by atomic mass is 10.1. The molecule has 1 aromatic carbocycles. The summed E-state index contributed by atoms with van der Waals surface area (Å²) in [5.41, 5.74) is -0.0634. The molecule has 7 heteroatoms. The molecule has 0 fully saturated rings. The van der Waals surface area contributed by atoms with Crippen molar-refractivity contribution < 1.29 is 14.8 Å². The average molecular weight is 261 g/mol. The number of non-ortho nitro benzene ring substituents is 1. The van der Waals surface area contributed by atoms with E-state index in [0.29, 0.717) is 11.2 Å². The lowest BCUT2D eigenvalue weighted by Crippen LogP contribution is -2.25. The first kappa shape index (κ1) is 12.7. The number of pyridine rings is 1. The van der Waals surface area contributed by atoms with E-state index in [9.17, 15) is 14.9 Å². The van der Waals surface area contributed by atoms with Crippen molar-refractivity contribution in [1.82, 2.24) is 4.98 Å². The van der Waals surface area contributed by atoms with E-state index >= 15 is 0 Å². The maximum Gasteiger partial charge on any atom is 0.325 e. The van der Waals surface area contributed by atoms with Crippen molar-refractivity contribution in [2.24, 2.45) is 0 Å². The number of hydrogen-bond acceptors (Lipinski definition) is 5. The highest BCUT2D eigenvalue weighted by Gasteiger charge is 2.14. The second-order valence-electron chi connectivity index (χ2n) is 4.03. The highest BCUT2D eigenvalue weighted by atomic mass is 16.6. The Morgan fingerprint density at radius 1 is 1.47 bits per heavy atom. The third-order valence-corrected chi connectivity index (χ3v) is 2.68. The molecule has 2 aromatic rings. The molecule has 2 rings (SSSR count). The fourth-order valence-electron chi connectivity index (χ4n) is 1.65. The Hall–Kier alpha value is -2.70. The number of aromatic nitrogens is 1. The fraction of sp³-hybridized carbons (Fsp3) is 0.167. The van der Waals surface area contributed by atoms with Gasteiger partial charge in [-0.1, -0.05) is 0 Å². The van der Waals surface area contributed by atoms with E-state index in [0.717, 1.165) is 5.39 Å². The highest BCUT2D eigenvalue weighted by molar-refractivity contribution is 5.94. The molecule has 1 atom stereocenters. The number of nitrogens with zero attached hydrogens (tertiary/aromatic N) is 2. The predicted molar refractivity (Wildman–Crippen MR) is 69.1 cm³/mol. The maximum absolute atomic E-state index is 10.8. The number of nitrogens with one attached hydrogen (secondary N) is 1. The topological polar surface area (TPSA) is 105 Å². The van der Waals surface area contributed by atoms with E-state index in [2.05, 4.69) is 10.3 Å². The van der Waals surface area contributed by atoms with Gasteiger partial charge in [0.05, 0.1) is 4.92 Å². The number of rotatable bonds is 4. The summed E-state index contributed by atoms with van der Waals surface area (Å²) in [4.78, 5) is 25.1. The van der Waals surface area contributed by atoms with Gasteiger partial charge in [0.1, 0.15) is 11.9 Å². The number of nitro groups is 1. The summed E-state index contributed by atoms with van der Waals surface area (Å²) in [6.07, 6.45) is 1.52. The zero-order valence-corrected chi connectivity index (χ0v) is 10.0. The van der Waals surface area contributed by atoms with E-state index in [1.54, 1.807) is 12.1 Å². The third-order valence-electron chi connectivity index (χ3n) is 2.68. The molecule has 0 spiro atoms. The van der Waals surface area contributed by atoms with Gasteiger partial charge in [-0.15, -0.1) is 0 Å². The maximum atomic E-state index is 10.8. The van der Waals surface area contributed by atoms with Crippen LogP contribution in [0, 0.1) is 10.1 Å². The molecule has 19 heavy (non-hydrogen) atoms. The molecule has 0 radical (unpaired) electrons. The molecule has 0 aliphatic rings. The fourth-order valence-corrected chi connectivity index (χ4v) is 1.65. The molecule has 0 saturated heterocycles. The van der Waals surface area contributed by atoms with Crippen molar-refractivity contribution in [1.29, 1.82) is 0 Å². The van der Waals surface area contributed by atoms with Gasteiger partial charge in [0.15, 0.2) is 0 Å². The zero-order chi connectivity index (χ0) is 14.0. The van der Waals surface area contributed by atoms with E-state index in [1.165, 1.54) is 25.3 Å².